The molecule has 1 unspecified atom stereocenters. The molecule has 0 saturated heterocycles. The quantitative estimate of drug-likeness (QED) is 0.444. The Balaban J connectivity index is 1.64. The molecular weight excluding hydrogens is 446 g/mol. The number of carbonyl (C=O) groups is 2. The monoisotopic (exact) mass is 477 g/mol. The summed E-state index contributed by atoms with van der Waals surface area (Å²) in [5, 5.41) is 13.4. The number of phenols is 1. The number of benzene rings is 2. The van der Waals surface area contributed by atoms with Crippen molar-refractivity contribution in [3.05, 3.63) is 76.6 Å². The summed E-state index contributed by atoms with van der Waals surface area (Å²) in [7, 11) is 1.46. The number of esters is 1. The number of rotatable bonds is 7. The topological polar surface area (TPSA) is 94.1 Å². The van der Waals surface area contributed by atoms with E-state index in [1.807, 2.05) is 37.3 Å². The molecule has 7 nitrogen and oxygen atoms in total. The van der Waals surface area contributed by atoms with Crippen molar-refractivity contribution < 1.29 is 28.9 Å². The molecule has 0 bridgehead atoms. The third-order valence-electron chi connectivity index (χ3n) is 6.33. The first-order chi connectivity index (χ1) is 16.7. The first-order valence-electron chi connectivity index (χ1n) is 11.7. The Kier molecular flexibility index (Phi) is 6.87. The molecule has 1 aliphatic carbocycles. The van der Waals surface area contributed by atoms with Gasteiger partial charge in [-0.15, -0.1) is 0 Å². The Morgan fingerprint density at radius 3 is 2.57 bits per heavy atom. The lowest BCUT2D eigenvalue weighted by atomic mass is 9.68. The molecule has 1 atom stereocenters. The Morgan fingerprint density at radius 2 is 1.86 bits per heavy atom. The molecule has 1 heterocycles. The van der Waals surface area contributed by atoms with Gasteiger partial charge in [-0.2, -0.15) is 0 Å². The van der Waals surface area contributed by atoms with Crippen molar-refractivity contribution in [3.63, 3.8) is 0 Å². The first kappa shape index (κ1) is 24.4. The normalized spacial score (nSPS) is 19.1. The molecule has 0 amide bonds. The van der Waals surface area contributed by atoms with Crippen LogP contribution in [0.2, 0.25) is 0 Å². The molecule has 0 saturated carbocycles. The summed E-state index contributed by atoms with van der Waals surface area (Å²) in [5.41, 5.74) is 2.88. The van der Waals surface area contributed by atoms with Gasteiger partial charge < -0.3 is 24.6 Å². The Bertz CT molecular complexity index is 1200. The second-order valence-electron chi connectivity index (χ2n) is 9.66. The highest BCUT2D eigenvalue weighted by atomic mass is 16.6. The number of ketones is 1. The molecule has 35 heavy (non-hydrogen) atoms. The van der Waals surface area contributed by atoms with Crippen LogP contribution in [0.15, 0.2) is 71.1 Å². The van der Waals surface area contributed by atoms with E-state index in [4.69, 9.17) is 14.2 Å². The average molecular weight is 478 g/mol. The first-order valence-corrected chi connectivity index (χ1v) is 11.7. The van der Waals surface area contributed by atoms with Crippen molar-refractivity contribution in [1.29, 1.82) is 0 Å². The van der Waals surface area contributed by atoms with Crippen LogP contribution in [-0.2, 0) is 14.3 Å². The molecule has 1 aliphatic heterocycles. The van der Waals surface area contributed by atoms with Crippen molar-refractivity contribution in [2.45, 2.75) is 39.5 Å². The molecular formula is C28H31NO6. The van der Waals surface area contributed by atoms with Crippen LogP contribution in [0.4, 0.5) is 0 Å². The van der Waals surface area contributed by atoms with Crippen LogP contribution in [0.5, 0.6) is 17.2 Å². The third kappa shape index (κ3) is 5.19. The molecule has 7 heteroatoms. The lowest BCUT2D eigenvalue weighted by Crippen LogP contribution is -2.38. The van der Waals surface area contributed by atoms with Crippen molar-refractivity contribution >= 4 is 11.8 Å². The zero-order chi connectivity index (χ0) is 25.2. The highest BCUT2D eigenvalue weighted by Crippen LogP contribution is 2.47. The van der Waals surface area contributed by atoms with E-state index in [9.17, 15) is 14.7 Å². The maximum atomic E-state index is 13.4. The molecule has 4 rings (SSSR count). The van der Waals surface area contributed by atoms with Crippen molar-refractivity contribution in [2.75, 3.05) is 20.3 Å². The fraction of sp³-hybridized carbons (Fsp3) is 0.357. The summed E-state index contributed by atoms with van der Waals surface area (Å²) >= 11 is 0. The number of hydrogen-bond acceptors (Lipinski definition) is 7. The lowest BCUT2D eigenvalue weighted by Gasteiger charge is -2.39. The van der Waals surface area contributed by atoms with Gasteiger partial charge in [-0.1, -0.05) is 38.1 Å². The van der Waals surface area contributed by atoms with Gasteiger partial charge in [0.25, 0.3) is 0 Å². The Morgan fingerprint density at radius 1 is 1.11 bits per heavy atom. The van der Waals surface area contributed by atoms with E-state index in [1.165, 1.54) is 13.2 Å². The van der Waals surface area contributed by atoms with Crippen LogP contribution in [0, 0.1) is 5.41 Å². The van der Waals surface area contributed by atoms with Gasteiger partial charge in [-0.3, -0.25) is 4.79 Å². The zero-order valence-electron chi connectivity index (χ0n) is 20.5. The third-order valence-corrected chi connectivity index (χ3v) is 6.33. The maximum Gasteiger partial charge on any atom is 0.336 e. The van der Waals surface area contributed by atoms with Gasteiger partial charge in [0.05, 0.1) is 12.7 Å². The maximum absolute atomic E-state index is 13.4. The number of Topliss-reactive ketones (excluding diaryl/α,β-unsaturated/α-hetero) is 1. The summed E-state index contributed by atoms with van der Waals surface area (Å²) in [5.74, 6) is -0.213. The van der Waals surface area contributed by atoms with E-state index in [0.29, 0.717) is 41.0 Å². The number of carbonyl (C=O) groups excluding carboxylic acids is 2. The van der Waals surface area contributed by atoms with Gasteiger partial charge in [0, 0.05) is 29.3 Å². The predicted molar refractivity (Wildman–Crippen MR) is 131 cm³/mol. The highest BCUT2D eigenvalue weighted by Gasteiger charge is 2.43. The molecule has 2 aromatic rings. The van der Waals surface area contributed by atoms with E-state index >= 15 is 0 Å². The summed E-state index contributed by atoms with van der Waals surface area (Å²) in [4.78, 5) is 26.7. The smallest absolute Gasteiger partial charge is 0.336 e. The largest absolute Gasteiger partial charge is 0.504 e. The van der Waals surface area contributed by atoms with Crippen LogP contribution < -0.4 is 14.8 Å². The molecule has 0 spiro atoms. The van der Waals surface area contributed by atoms with Crippen LogP contribution in [0.1, 0.15) is 45.1 Å². The Labute approximate surface area is 205 Å². The Hall–Kier alpha value is -3.74. The van der Waals surface area contributed by atoms with Gasteiger partial charge in [-0.25, -0.2) is 4.79 Å². The summed E-state index contributed by atoms with van der Waals surface area (Å²) in [6.07, 6.45) is 1.07. The summed E-state index contributed by atoms with van der Waals surface area (Å²) < 4.78 is 16.5. The van der Waals surface area contributed by atoms with Gasteiger partial charge in [-0.05, 0) is 48.6 Å². The van der Waals surface area contributed by atoms with E-state index in [0.717, 1.165) is 5.70 Å². The van der Waals surface area contributed by atoms with E-state index in [-0.39, 0.29) is 35.9 Å². The van der Waals surface area contributed by atoms with Gasteiger partial charge in [0.1, 0.15) is 19.0 Å². The SMILES string of the molecule is COc1cc(C2C(C(=O)OCCOc3ccccc3)=C(C)NC3=C2C(=O)CC(C)(C)C3)ccc1O. The van der Waals surface area contributed by atoms with Crippen molar-refractivity contribution in [3.8, 4) is 17.2 Å². The number of ether oxygens (including phenoxy) is 3. The minimum atomic E-state index is -0.633. The van der Waals surface area contributed by atoms with Crippen LogP contribution in [0.3, 0.4) is 0 Å². The number of para-hydroxylation sites is 1. The zero-order valence-corrected chi connectivity index (χ0v) is 20.5. The van der Waals surface area contributed by atoms with Crippen LogP contribution in [-0.4, -0.2) is 37.2 Å². The molecule has 2 aliphatic rings. The van der Waals surface area contributed by atoms with E-state index < -0.39 is 11.9 Å². The molecule has 2 N–H and O–H groups in total. The lowest BCUT2D eigenvalue weighted by molar-refractivity contribution is -0.140. The number of phenolic OH excluding ortho intramolecular Hbond substituents is 1. The molecule has 0 aromatic heterocycles. The van der Waals surface area contributed by atoms with Gasteiger partial charge in [0.2, 0.25) is 0 Å². The molecule has 2 aromatic carbocycles. The fourth-order valence-electron chi connectivity index (χ4n) is 4.80. The van der Waals surface area contributed by atoms with Crippen LogP contribution in [0.25, 0.3) is 0 Å². The van der Waals surface area contributed by atoms with Crippen molar-refractivity contribution in [1.82, 2.24) is 5.32 Å². The number of allylic oxidation sites excluding steroid dienone is 3. The number of aromatic hydroxyl groups is 1. The molecule has 0 fully saturated rings. The van der Waals surface area contributed by atoms with Gasteiger partial charge in [0.15, 0.2) is 17.3 Å². The molecule has 0 radical (unpaired) electrons. The number of methoxy groups -OCH3 is 1. The predicted octanol–water partition coefficient (Wildman–Crippen LogP) is 4.63. The van der Waals surface area contributed by atoms with Crippen LogP contribution >= 0.6 is 0 Å². The minimum absolute atomic E-state index is 0.00833. The number of nitrogens with one attached hydrogen (secondary N) is 1. The van der Waals surface area contributed by atoms with Crippen molar-refractivity contribution in [2.24, 2.45) is 5.41 Å². The van der Waals surface area contributed by atoms with E-state index in [1.54, 1.807) is 12.1 Å². The summed E-state index contributed by atoms with van der Waals surface area (Å²) in [6.45, 7) is 6.20. The number of dihydropyridines is 1. The molecule has 184 valence electrons. The second kappa shape index (κ2) is 9.86. The second-order valence-corrected chi connectivity index (χ2v) is 9.66. The summed E-state index contributed by atoms with van der Waals surface area (Å²) in [6, 6.07) is 14.2. The van der Waals surface area contributed by atoms with E-state index in [2.05, 4.69) is 19.2 Å². The average Bonchev–Trinajstić information content (AvgIpc) is 2.81. The highest BCUT2D eigenvalue weighted by molar-refractivity contribution is 6.04. The number of hydrogen-bond donors (Lipinski definition) is 2. The van der Waals surface area contributed by atoms with Gasteiger partial charge >= 0.3 is 5.97 Å². The standard InChI is InChI=1S/C28H31NO6/c1-17-24(27(32)35-13-12-34-19-8-6-5-7-9-19)25(18-10-11-21(30)23(14-18)33-4)26-20(29-17)15-28(2,3)16-22(26)31/h5-11,14,25,29-30H,12-13,15-16H2,1-4H3. The minimum Gasteiger partial charge on any atom is -0.504 e. The fourth-order valence-corrected chi connectivity index (χ4v) is 4.80.